The molecule has 5 nitrogen and oxygen atoms in total. The van der Waals surface area contributed by atoms with Crippen LogP contribution in [-0.2, 0) is 0 Å². The number of rotatable bonds is 7. The first-order chi connectivity index (χ1) is 15.6. The zero-order valence-corrected chi connectivity index (χ0v) is 18.2. The third kappa shape index (κ3) is 4.32. The highest BCUT2D eigenvalue weighted by atomic mass is 16.5. The van der Waals surface area contributed by atoms with E-state index in [2.05, 4.69) is 4.98 Å². The Morgan fingerprint density at radius 1 is 0.656 bits per heavy atom. The highest BCUT2D eigenvalue weighted by molar-refractivity contribution is 6.12. The Labute approximate surface area is 187 Å². The summed E-state index contributed by atoms with van der Waals surface area (Å²) in [4.78, 5) is 18.0. The van der Waals surface area contributed by atoms with Gasteiger partial charge in [0.25, 0.3) is 0 Å². The van der Waals surface area contributed by atoms with E-state index in [9.17, 15) is 4.79 Å². The molecule has 160 valence electrons. The van der Waals surface area contributed by atoms with Crippen LogP contribution < -0.4 is 14.2 Å². The minimum atomic E-state index is -0.182. The van der Waals surface area contributed by atoms with Crippen molar-refractivity contribution in [1.29, 1.82) is 0 Å². The first-order valence-corrected chi connectivity index (χ1v) is 10.1. The molecule has 0 atom stereocenters. The predicted octanol–water partition coefficient (Wildman–Crippen LogP) is 5.67. The molecule has 0 saturated carbocycles. The Kier molecular flexibility index (Phi) is 6.17. The van der Waals surface area contributed by atoms with Crippen LogP contribution in [0.1, 0.15) is 16.1 Å². The van der Waals surface area contributed by atoms with E-state index >= 15 is 0 Å². The lowest BCUT2D eigenvalue weighted by atomic mass is 9.95. The maximum absolute atomic E-state index is 13.4. The van der Waals surface area contributed by atoms with Crippen LogP contribution in [0, 0.1) is 0 Å². The summed E-state index contributed by atoms with van der Waals surface area (Å²) < 4.78 is 16.0. The maximum Gasteiger partial charge on any atom is 0.212 e. The van der Waals surface area contributed by atoms with Crippen molar-refractivity contribution in [2.75, 3.05) is 21.3 Å². The largest absolute Gasteiger partial charge is 0.497 e. The first kappa shape index (κ1) is 21.1. The van der Waals surface area contributed by atoms with Gasteiger partial charge in [-0.2, -0.15) is 0 Å². The van der Waals surface area contributed by atoms with E-state index in [0.717, 1.165) is 28.0 Å². The van der Waals surface area contributed by atoms with Crippen molar-refractivity contribution in [3.05, 3.63) is 96.3 Å². The van der Waals surface area contributed by atoms with Gasteiger partial charge in [-0.15, -0.1) is 0 Å². The quantitative estimate of drug-likeness (QED) is 0.357. The molecule has 0 radical (unpaired) electrons. The number of pyridine rings is 1. The zero-order valence-electron chi connectivity index (χ0n) is 18.2. The lowest BCUT2D eigenvalue weighted by Gasteiger charge is -2.13. The Hall–Kier alpha value is -4.12. The molecular weight excluding hydrogens is 402 g/mol. The Morgan fingerprint density at radius 3 is 1.88 bits per heavy atom. The van der Waals surface area contributed by atoms with Crippen molar-refractivity contribution in [3.8, 4) is 39.5 Å². The molecule has 0 saturated heterocycles. The Bertz CT molecular complexity index is 1270. The molecule has 0 N–H and O–H groups in total. The molecule has 32 heavy (non-hydrogen) atoms. The molecule has 1 heterocycles. The minimum Gasteiger partial charge on any atom is -0.497 e. The summed E-state index contributed by atoms with van der Waals surface area (Å²) in [6.07, 6.45) is 1.71. The van der Waals surface area contributed by atoms with E-state index in [1.807, 2.05) is 54.6 Å². The van der Waals surface area contributed by atoms with Crippen molar-refractivity contribution in [2.24, 2.45) is 0 Å². The minimum absolute atomic E-state index is 0.182. The normalized spacial score (nSPS) is 10.5. The second-order valence-corrected chi connectivity index (χ2v) is 7.15. The van der Waals surface area contributed by atoms with Gasteiger partial charge in [-0.3, -0.25) is 9.78 Å². The van der Waals surface area contributed by atoms with Gasteiger partial charge in [0.2, 0.25) is 5.78 Å². The van der Waals surface area contributed by atoms with Crippen LogP contribution in [0.25, 0.3) is 22.3 Å². The van der Waals surface area contributed by atoms with Gasteiger partial charge < -0.3 is 14.2 Å². The van der Waals surface area contributed by atoms with Crippen LogP contribution >= 0.6 is 0 Å². The molecule has 0 aliphatic heterocycles. The number of carbonyl (C=O) groups is 1. The fourth-order valence-corrected chi connectivity index (χ4v) is 3.52. The topological polar surface area (TPSA) is 57.7 Å². The summed E-state index contributed by atoms with van der Waals surface area (Å²) in [5.41, 5.74) is 4.25. The lowest BCUT2D eigenvalue weighted by molar-refractivity contribution is 0.103. The third-order valence-electron chi connectivity index (χ3n) is 5.22. The van der Waals surface area contributed by atoms with Crippen molar-refractivity contribution >= 4 is 5.78 Å². The van der Waals surface area contributed by atoms with Crippen molar-refractivity contribution < 1.29 is 19.0 Å². The molecule has 0 spiro atoms. The van der Waals surface area contributed by atoms with Gasteiger partial charge in [0.15, 0.2) is 0 Å². The first-order valence-electron chi connectivity index (χ1n) is 10.1. The van der Waals surface area contributed by atoms with Crippen molar-refractivity contribution in [3.63, 3.8) is 0 Å². The fraction of sp³-hybridized carbons (Fsp3) is 0.111. The van der Waals surface area contributed by atoms with E-state index < -0.39 is 0 Å². The monoisotopic (exact) mass is 425 g/mol. The number of nitrogens with zero attached hydrogens (tertiary/aromatic N) is 1. The van der Waals surface area contributed by atoms with Gasteiger partial charge in [0.1, 0.15) is 22.9 Å². The van der Waals surface area contributed by atoms with Crippen LogP contribution in [0.3, 0.4) is 0 Å². The van der Waals surface area contributed by atoms with Crippen LogP contribution in [0.15, 0.2) is 85.1 Å². The molecule has 3 aromatic carbocycles. The molecule has 1 aromatic heterocycles. The molecule has 4 aromatic rings. The number of ether oxygens (including phenoxy) is 3. The van der Waals surface area contributed by atoms with Gasteiger partial charge >= 0.3 is 0 Å². The Morgan fingerprint density at radius 2 is 1.22 bits per heavy atom. The Balaban J connectivity index is 1.87. The summed E-state index contributed by atoms with van der Waals surface area (Å²) in [6, 6.07) is 24.4. The number of hydrogen-bond acceptors (Lipinski definition) is 5. The zero-order chi connectivity index (χ0) is 22.5. The molecule has 0 fully saturated rings. The van der Waals surface area contributed by atoms with E-state index in [4.69, 9.17) is 14.2 Å². The maximum atomic E-state index is 13.4. The number of aromatic nitrogens is 1. The van der Waals surface area contributed by atoms with E-state index in [1.165, 1.54) is 0 Å². The van der Waals surface area contributed by atoms with Gasteiger partial charge in [-0.25, -0.2) is 0 Å². The summed E-state index contributed by atoms with van der Waals surface area (Å²) in [7, 11) is 4.83. The number of methoxy groups -OCH3 is 3. The number of carbonyl (C=O) groups excluding carboxylic acids is 1. The second kappa shape index (κ2) is 9.35. The highest BCUT2D eigenvalue weighted by Gasteiger charge is 2.19. The van der Waals surface area contributed by atoms with Gasteiger partial charge in [-0.05, 0) is 53.6 Å². The summed E-state index contributed by atoms with van der Waals surface area (Å²) in [5, 5.41) is 0. The van der Waals surface area contributed by atoms with Crippen LogP contribution in [0.2, 0.25) is 0 Å². The molecule has 0 aliphatic rings. The van der Waals surface area contributed by atoms with Crippen LogP contribution in [-0.4, -0.2) is 32.1 Å². The number of ketones is 1. The fourth-order valence-electron chi connectivity index (χ4n) is 3.52. The SMILES string of the molecule is COc1cccc(C(=O)c2ncc(-c3cccc(OC)c3)cc2-c2cccc(OC)c2)c1. The molecule has 4 rings (SSSR count). The van der Waals surface area contributed by atoms with Gasteiger partial charge in [0, 0.05) is 22.9 Å². The van der Waals surface area contributed by atoms with Gasteiger partial charge in [-0.1, -0.05) is 36.4 Å². The molecular formula is C27H23NO4. The van der Waals surface area contributed by atoms with Crippen LogP contribution in [0.5, 0.6) is 17.2 Å². The number of benzene rings is 3. The molecule has 0 unspecified atom stereocenters. The summed E-state index contributed by atoms with van der Waals surface area (Å²) >= 11 is 0. The van der Waals surface area contributed by atoms with Gasteiger partial charge in [0.05, 0.1) is 21.3 Å². The molecule has 0 aliphatic carbocycles. The third-order valence-corrected chi connectivity index (χ3v) is 5.22. The standard InChI is InChI=1S/C27H23NO4/c1-30-22-10-4-7-18(13-22)21-16-25(19-8-5-11-23(14-19)31-2)26(28-17-21)27(29)20-9-6-12-24(15-20)32-3/h4-17H,1-3H3. The lowest BCUT2D eigenvalue weighted by Crippen LogP contribution is -2.07. The van der Waals surface area contributed by atoms with E-state index in [-0.39, 0.29) is 5.78 Å². The average Bonchev–Trinajstić information content (AvgIpc) is 2.88. The predicted molar refractivity (Wildman–Crippen MR) is 125 cm³/mol. The highest BCUT2D eigenvalue weighted by Crippen LogP contribution is 2.32. The molecule has 0 amide bonds. The summed E-state index contributed by atoms with van der Waals surface area (Å²) in [6.45, 7) is 0. The number of hydrogen-bond donors (Lipinski definition) is 0. The second-order valence-electron chi connectivity index (χ2n) is 7.15. The van der Waals surface area contributed by atoms with E-state index in [1.54, 1.807) is 51.8 Å². The molecule has 0 bridgehead atoms. The summed E-state index contributed by atoms with van der Waals surface area (Å²) in [5.74, 6) is 1.89. The van der Waals surface area contributed by atoms with E-state index in [0.29, 0.717) is 22.8 Å². The average molecular weight is 425 g/mol. The van der Waals surface area contributed by atoms with Crippen LogP contribution in [0.4, 0.5) is 0 Å². The van der Waals surface area contributed by atoms with Crippen molar-refractivity contribution in [2.45, 2.75) is 0 Å². The smallest absolute Gasteiger partial charge is 0.212 e. The van der Waals surface area contributed by atoms with Crippen molar-refractivity contribution in [1.82, 2.24) is 4.98 Å². The molecule has 5 heteroatoms.